The number of aryl methyl sites for hydroxylation is 1. The number of benzene rings is 2. The van der Waals surface area contributed by atoms with Crippen LogP contribution in [0.25, 0.3) is 16.9 Å². The summed E-state index contributed by atoms with van der Waals surface area (Å²) in [6.07, 6.45) is 3.32. The molecule has 0 saturated carbocycles. The Hall–Kier alpha value is -4.00. The van der Waals surface area contributed by atoms with E-state index in [0.29, 0.717) is 11.3 Å². The third-order valence-corrected chi connectivity index (χ3v) is 4.37. The van der Waals surface area contributed by atoms with E-state index in [1.54, 1.807) is 36.0 Å². The van der Waals surface area contributed by atoms with Crippen LogP contribution in [0.1, 0.15) is 11.1 Å². The van der Waals surface area contributed by atoms with Crippen LogP contribution in [0.3, 0.4) is 0 Å². The smallest absolute Gasteiger partial charge is 0.273 e. The second-order valence-electron chi connectivity index (χ2n) is 6.57. The van der Waals surface area contributed by atoms with E-state index in [0.717, 1.165) is 21.5 Å². The molecule has 2 aromatic carbocycles. The Morgan fingerprint density at radius 3 is 2.48 bits per heavy atom. The van der Waals surface area contributed by atoms with Gasteiger partial charge in [-0.15, -0.1) is 0 Å². The normalized spacial score (nSPS) is 11.2. The molecule has 4 aromatic rings. The fourth-order valence-electron chi connectivity index (χ4n) is 2.99. The zero-order valence-electron chi connectivity index (χ0n) is 15.7. The summed E-state index contributed by atoms with van der Waals surface area (Å²) < 4.78 is 16.2. The molecule has 7 heteroatoms. The van der Waals surface area contributed by atoms with Gasteiger partial charge in [-0.1, -0.05) is 18.2 Å². The predicted molar refractivity (Wildman–Crippen MR) is 112 cm³/mol. The molecule has 0 aliphatic rings. The molecule has 0 aliphatic carbocycles. The van der Waals surface area contributed by atoms with Gasteiger partial charge in [-0.2, -0.15) is 14.9 Å². The molecule has 2 N–H and O–H groups in total. The van der Waals surface area contributed by atoms with Gasteiger partial charge in [0.05, 0.1) is 11.9 Å². The highest BCUT2D eigenvalue weighted by Crippen LogP contribution is 2.23. The largest absolute Gasteiger partial charge is 0.384 e. The predicted octanol–water partition coefficient (Wildman–Crippen LogP) is 3.61. The van der Waals surface area contributed by atoms with Crippen LogP contribution in [0.5, 0.6) is 0 Å². The highest BCUT2D eigenvalue weighted by Gasteiger charge is 2.12. The summed E-state index contributed by atoms with van der Waals surface area (Å²) >= 11 is 0. The number of nitrogen functional groups attached to an aromatic ring is 1. The lowest BCUT2D eigenvalue weighted by Crippen LogP contribution is -2.19. The van der Waals surface area contributed by atoms with E-state index in [1.807, 2.05) is 30.3 Å². The van der Waals surface area contributed by atoms with Crippen LogP contribution in [-0.2, 0) is 0 Å². The van der Waals surface area contributed by atoms with E-state index in [1.165, 1.54) is 24.4 Å². The third kappa shape index (κ3) is 3.84. The minimum atomic E-state index is -0.328. The summed E-state index contributed by atoms with van der Waals surface area (Å²) in [4.78, 5) is 12.2. The van der Waals surface area contributed by atoms with Crippen molar-refractivity contribution in [3.63, 3.8) is 0 Å². The van der Waals surface area contributed by atoms with Gasteiger partial charge in [0.15, 0.2) is 0 Å². The summed E-state index contributed by atoms with van der Waals surface area (Å²) in [6.45, 7) is 1.79. The Labute approximate surface area is 166 Å². The molecule has 0 aliphatic heterocycles. The lowest BCUT2D eigenvalue weighted by Gasteiger charge is -2.03. The minimum absolute atomic E-state index is 0.241. The molecule has 0 radical (unpaired) electrons. The highest BCUT2D eigenvalue weighted by molar-refractivity contribution is 5.88. The van der Waals surface area contributed by atoms with Crippen LogP contribution in [-0.4, -0.2) is 20.7 Å². The summed E-state index contributed by atoms with van der Waals surface area (Å²) in [6, 6.07) is 18.8. The number of aromatic nitrogens is 3. The van der Waals surface area contributed by atoms with Gasteiger partial charge < -0.3 is 5.73 Å². The van der Waals surface area contributed by atoms with E-state index in [9.17, 15) is 9.18 Å². The molecule has 144 valence electrons. The van der Waals surface area contributed by atoms with Gasteiger partial charge in [-0.05, 0) is 55.0 Å². The van der Waals surface area contributed by atoms with Gasteiger partial charge in [0.1, 0.15) is 17.3 Å². The van der Waals surface area contributed by atoms with Crippen LogP contribution in [0, 0.1) is 12.7 Å². The number of nitrogens with zero attached hydrogens (tertiary/aromatic N) is 4. The van der Waals surface area contributed by atoms with Crippen LogP contribution >= 0.6 is 0 Å². The Morgan fingerprint density at radius 2 is 1.79 bits per heavy atom. The molecule has 0 fully saturated rings. The van der Waals surface area contributed by atoms with Crippen molar-refractivity contribution in [2.45, 2.75) is 6.92 Å². The second kappa shape index (κ2) is 7.55. The van der Waals surface area contributed by atoms with Crippen molar-refractivity contribution >= 4 is 12.0 Å². The van der Waals surface area contributed by atoms with Crippen LogP contribution in [0.4, 0.5) is 10.2 Å². The molecule has 2 aromatic heterocycles. The monoisotopic (exact) mass is 387 g/mol. The fraction of sp³-hybridized carbons (Fsp3) is 0.0455. The molecule has 0 bridgehead atoms. The molecule has 0 spiro atoms. The number of para-hydroxylation sites is 1. The Bertz CT molecular complexity index is 1240. The average Bonchev–Trinajstić information content (AvgIpc) is 3.13. The number of hydrogen-bond donors (Lipinski definition) is 1. The molecular weight excluding hydrogens is 369 g/mol. The second-order valence-corrected chi connectivity index (χ2v) is 6.57. The maximum Gasteiger partial charge on any atom is 0.273 e. The topological polar surface area (TPSA) is 78.2 Å². The van der Waals surface area contributed by atoms with Gasteiger partial charge in [0.2, 0.25) is 0 Å². The van der Waals surface area contributed by atoms with E-state index in [2.05, 4.69) is 10.2 Å². The molecule has 0 saturated heterocycles. The van der Waals surface area contributed by atoms with E-state index >= 15 is 0 Å². The van der Waals surface area contributed by atoms with Crippen molar-refractivity contribution in [3.05, 3.63) is 100 Å². The maximum absolute atomic E-state index is 13.4. The van der Waals surface area contributed by atoms with Crippen molar-refractivity contribution in [1.82, 2.24) is 14.5 Å². The Morgan fingerprint density at radius 1 is 1.07 bits per heavy atom. The molecule has 2 heterocycles. The fourth-order valence-corrected chi connectivity index (χ4v) is 2.99. The number of nitrogens with two attached hydrogens (primary N) is 1. The quantitative estimate of drug-likeness (QED) is 0.543. The number of pyridine rings is 1. The Kier molecular flexibility index (Phi) is 4.78. The molecule has 6 nitrogen and oxygen atoms in total. The standard InChI is InChI=1S/C22H18FN5O/c1-15-11-20(24)28(21(29)12-15)25-13-17-14-27(19-5-3-2-4-6-19)26-22(17)16-7-9-18(23)10-8-16/h2-14H,24H2,1H3/b25-13-. The van der Waals surface area contributed by atoms with Crippen LogP contribution < -0.4 is 11.3 Å². The van der Waals surface area contributed by atoms with Crippen molar-refractivity contribution in [2.75, 3.05) is 5.73 Å². The van der Waals surface area contributed by atoms with Crippen molar-refractivity contribution in [1.29, 1.82) is 0 Å². The molecule has 4 rings (SSSR count). The summed E-state index contributed by atoms with van der Waals surface area (Å²) in [5, 5.41) is 8.89. The van der Waals surface area contributed by atoms with Gasteiger partial charge in [0, 0.05) is 23.4 Å². The molecule has 0 atom stereocenters. The first-order valence-corrected chi connectivity index (χ1v) is 8.96. The van der Waals surface area contributed by atoms with Crippen molar-refractivity contribution < 1.29 is 4.39 Å². The lowest BCUT2D eigenvalue weighted by atomic mass is 10.1. The first kappa shape index (κ1) is 18.4. The molecule has 0 amide bonds. The van der Waals surface area contributed by atoms with Gasteiger partial charge in [0.25, 0.3) is 5.56 Å². The first-order chi connectivity index (χ1) is 14.0. The first-order valence-electron chi connectivity index (χ1n) is 8.96. The maximum atomic E-state index is 13.4. The van der Waals surface area contributed by atoms with E-state index in [4.69, 9.17) is 5.73 Å². The van der Waals surface area contributed by atoms with Gasteiger partial charge in [-0.3, -0.25) is 4.79 Å². The third-order valence-electron chi connectivity index (χ3n) is 4.37. The van der Waals surface area contributed by atoms with Crippen molar-refractivity contribution in [3.8, 4) is 16.9 Å². The highest BCUT2D eigenvalue weighted by atomic mass is 19.1. The van der Waals surface area contributed by atoms with E-state index in [-0.39, 0.29) is 17.2 Å². The Balaban J connectivity index is 1.82. The average molecular weight is 387 g/mol. The number of hydrogen-bond acceptors (Lipinski definition) is 4. The van der Waals surface area contributed by atoms with Crippen LogP contribution in [0.2, 0.25) is 0 Å². The lowest BCUT2D eigenvalue weighted by molar-refractivity contribution is 0.628. The van der Waals surface area contributed by atoms with Gasteiger partial charge in [-0.25, -0.2) is 9.07 Å². The molecule has 0 unspecified atom stereocenters. The number of rotatable bonds is 4. The van der Waals surface area contributed by atoms with E-state index < -0.39 is 0 Å². The zero-order chi connectivity index (χ0) is 20.4. The summed E-state index contributed by atoms with van der Waals surface area (Å²) in [5.74, 6) is -0.0875. The van der Waals surface area contributed by atoms with Gasteiger partial charge >= 0.3 is 0 Å². The van der Waals surface area contributed by atoms with Crippen molar-refractivity contribution in [2.24, 2.45) is 5.10 Å². The van der Waals surface area contributed by atoms with Crippen LogP contribution in [0.15, 0.2) is 82.8 Å². The molecule has 29 heavy (non-hydrogen) atoms. The molecular formula is C22H18FN5O. The summed E-state index contributed by atoms with van der Waals surface area (Å²) in [5.41, 5.74) is 9.24. The number of anilines is 1. The summed E-state index contributed by atoms with van der Waals surface area (Å²) in [7, 11) is 0. The number of halogens is 1. The zero-order valence-corrected chi connectivity index (χ0v) is 15.7. The minimum Gasteiger partial charge on any atom is -0.384 e. The SMILES string of the molecule is Cc1cc(N)n(/N=C\c2cn(-c3ccccc3)nc2-c2ccc(F)cc2)c(=O)c1.